The van der Waals surface area contributed by atoms with Gasteiger partial charge < -0.3 is 29.6 Å². The van der Waals surface area contributed by atoms with Crippen LogP contribution < -0.4 is 15.4 Å². The van der Waals surface area contributed by atoms with E-state index in [1.54, 1.807) is 26.2 Å². The van der Waals surface area contributed by atoms with Crippen LogP contribution in [0.5, 0.6) is 5.75 Å². The summed E-state index contributed by atoms with van der Waals surface area (Å²) >= 11 is 0. The third kappa shape index (κ3) is 7.16. The van der Waals surface area contributed by atoms with E-state index in [0.717, 1.165) is 11.1 Å². The summed E-state index contributed by atoms with van der Waals surface area (Å²) in [6.45, 7) is 4.25. The molecule has 1 atom stereocenters. The number of methoxy groups -OCH3 is 1. The zero-order chi connectivity index (χ0) is 27.6. The van der Waals surface area contributed by atoms with E-state index in [9.17, 15) is 9.59 Å². The number of ether oxygens (including phenoxy) is 4. The van der Waals surface area contributed by atoms with Crippen LogP contribution in [0.1, 0.15) is 36.5 Å². The fourth-order valence-electron chi connectivity index (χ4n) is 4.22. The zero-order valence-corrected chi connectivity index (χ0v) is 22.1. The average molecular weight is 530 g/mol. The van der Waals surface area contributed by atoms with E-state index in [0.29, 0.717) is 42.3 Å². The van der Waals surface area contributed by atoms with Gasteiger partial charge in [-0.1, -0.05) is 48.5 Å². The molecule has 0 radical (unpaired) electrons. The number of nitrogens with zero attached hydrogens (tertiary/aromatic N) is 1. The SMILES string of the molecule is COC(=O)OC1=C(C)NC(C)=C(OC(=O)NCCc2ccncc2)C1c1ccccc1OCc1ccccc1. The molecule has 1 aromatic heterocycles. The summed E-state index contributed by atoms with van der Waals surface area (Å²) in [5.41, 5.74) is 3.86. The molecule has 4 rings (SSSR count). The maximum atomic E-state index is 12.9. The standard InChI is InChI=1S/C30H31N3O6/c1-20-27(38-29(34)32-18-15-22-13-16-31-17-14-22)26(28(21(2)33-20)39-30(35)36-3)24-11-7-8-12-25(24)37-19-23-9-5-4-6-10-23/h4-14,16-17,26,33H,15,18-19H2,1-3H3,(H,32,34). The minimum absolute atomic E-state index is 0.239. The number of alkyl carbamates (subject to hydrolysis) is 1. The van der Waals surface area contributed by atoms with E-state index < -0.39 is 18.2 Å². The summed E-state index contributed by atoms with van der Waals surface area (Å²) in [5, 5.41) is 5.93. The number of nitrogens with one attached hydrogen (secondary N) is 2. The summed E-state index contributed by atoms with van der Waals surface area (Å²) in [7, 11) is 1.23. The van der Waals surface area contributed by atoms with Crippen molar-refractivity contribution >= 4 is 12.2 Å². The first-order chi connectivity index (χ1) is 19.0. The topological polar surface area (TPSA) is 108 Å². The number of hydrogen-bond donors (Lipinski definition) is 2. The minimum Gasteiger partial charge on any atom is -0.489 e. The number of carbonyl (C=O) groups is 2. The van der Waals surface area contributed by atoms with Gasteiger partial charge in [0, 0.05) is 24.5 Å². The highest BCUT2D eigenvalue weighted by Gasteiger charge is 2.37. The van der Waals surface area contributed by atoms with Crippen LogP contribution in [0.15, 0.2) is 102 Å². The number of dihydropyridines is 1. The Morgan fingerprint density at radius 3 is 2.26 bits per heavy atom. The Kier molecular flexibility index (Phi) is 9.18. The number of aromatic nitrogens is 1. The summed E-state index contributed by atoms with van der Waals surface area (Å²) in [6, 6.07) is 20.9. The van der Waals surface area contributed by atoms with Gasteiger partial charge in [0.15, 0.2) is 0 Å². The molecular weight excluding hydrogens is 498 g/mol. The first-order valence-electron chi connectivity index (χ1n) is 12.5. The predicted molar refractivity (Wildman–Crippen MR) is 144 cm³/mol. The number of rotatable bonds is 9. The van der Waals surface area contributed by atoms with Crippen LogP contribution in [0.2, 0.25) is 0 Å². The second-order valence-corrected chi connectivity index (χ2v) is 8.83. The number of para-hydroxylation sites is 1. The van der Waals surface area contributed by atoms with Crippen LogP contribution in [0.25, 0.3) is 0 Å². The molecule has 0 bridgehead atoms. The lowest BCUT2D eigenvalue weighted by atomic mass is 9.90. The molecule has 1 amide bonds. The van der Waals surface area contributed by atoms with E-state index in [1.807, 2.05) is 66.7 Å². The lowest BCUT2D eigenvalue weighted by Gasteiger charge is -2.31. The van der Waals surface area contributed by atoms with E-state index in [1.165, 1.54) is 7.11 Å². The van der Waals surface area contributed by atoms with Gasteiger partial charge >= 0.3 is 12.2 Å². The highest BCUT2D eigenvalue weighted by atomic mass is 16.7. The zero-order valence-electron chi connectivity index (χ0n) is 22.1. The predicted octanol–water partition coefficient (Wildman–Crippen LogP) is 5.56. The summed E-state index contributed by atoms with van der Waals surface area (Å²) in [5.74, 6) is 0.307. The van der Waals surface area contributed by atoms with E-state index in [4.69, 9.17) is 18.9 Å². The number of amides is 1. The molecule has 1 aliphatic rings. The van der Waals surface area contributed by atoms with Crippen molar-refractivity contribution in [2.75, 3.05) is 13.7 Å². The van der Waals surface area contributed by atoms with Crippen molar-refractivity contribution in [2.24, 2.45) is 0 Å². The van der Waals surface area contributed by atoms with Gasteiger partial charge in [-0.05, 0) is 49.6 Å². The van der Waals surface area contributed by atoms with E-state index in [-0.39, 0.29) is 11.5 Å². The van der Waals surface area contributed by atoms with Gasteiger partial charge in [-0.2, -0.15) is 0 Å². The maximum absolute atomic E-state index is 12.9. The van der Waals surface area contributed by atoms with Gasteiger partial charge in [-0.25, -0.2) is 9.59 Å². The third-order valence-corrected chi connectivity index (χ3v) is 6.10. The first-order valence-corrected chi connectivity index (χ1v) is 12.5. The molecule has 202 valence electrons. The quantitative estimate of drug-likeness (QED) is 0.347. The Hall–Kier alpha value is -4.79. The monoisotopic (exact) mass is 529 g/mol. The molecule has 2 N–H and O–H groups in total. The lowest BCUT2D eigenvalue weighted by Crippen LogP contribution is -2.32. The van der Waals surface area contributed by atoms with Gasteiger partial charge in [-0.15, -0.1) is 0 Å². The Labute approximate surface area is 227 Å². The normalized spacial score (nSPS) is 14.8. The average Bonchev–Trinajstić information content (AvgIpc) is 2.96. The molecular formula is C30H31N3O6. The number of hydrogen-bond acceptors (Lipinski definition) is 8. The van der Waals surface area contributed by atoms with Crippen molar-refractivity contribution in [1.29, 1.82) is 0 Å². The molecule has 2 heterocycles. The second kappa shape index (κ2) is 13.1. The molecule has 39 heavy (non-hydrogen) atoms. The lowest BCUT2D eigenvalue weighted by molar-refractivity contribution is 0.0886. The summed E-state index contributed by atoms with van der Waals surface area (Å²) in [6.07, 6.45) is 2.50. The molecule has 3 aromatic rings. The van der Waals surface area contributed by atoms with Crippen LogP contribution in [0, 0.1) is 0 Å². The van der Waals surface area contributed by atoms with Crippen molar-refractivity contribution in [1.82, 2.24) is 15.6 Å². The van der Waals surface area contributed by atoms with Gasteiger partial charge in [-0.3, -0.25) is 4.98 Å². The molecule has 1 unspecified atom stereocenters. The van der Waals surface area contributed by atoms with Gasteiger partial charge in [0.25, 0.3) is 0 Å². The van der Waals surface area contributed by atoms with Crippen LogP contribution >= 0.6 is 0 Å². The minimum atomic E-state index is -0.889. The molecule has 0 spiro atoms. The molecule has 0 fully saturated rings. The van der Waals surface area contributed by atoms with E-state index >= 15 is 0 Å². The highest BCUT2D eigenvalue weighted by molar-refractivity contribution is 5.70. The van der Waals surface area contributed by atoms with E-state index in [2.05, 4.69) is 15.6 Å². The molecule has 1 aliphatic heterocycles. The molecule has 9 heteroatoms. The van der Waals surface area contributed by atoms with Crippen LogP contribution in [0.3, 0.4) is 0 Å². The van der Waals surface area contributed by atoms with Crippen LogP contribution in [0.4, 0.5) is 9.59 Å². The van der Waals surface area contributed by atoms with Crippen molar-refractivity contribution in [3.63, 3.8) is 0 Å². The molecule has 2 aromatic carbocycles. The Balaban J connectivity index is 1.61. The largest absolute Gasteiger partial charge is 0.513 e. The highest BCUT2D eigenvalue weighted by Crippen LogP contribution is 2.43. The Bertz CT molecular complexity index is 1360. The van der Waals surface area contributed by atoms with Crippen molar-refractivity contribution in [3.05, 3.63) is 119 Å². The smallest absolute Gasteiger partial charge is 0.489 e. The molecule has 0 saturated carbocycles. The number of benzene rings is 2. The molecule has 0 aliphatic carbocycles. The van der Waals surface area contributed by atoms with Gasteiger partial charge in [0.05, 0.1) is 18.5 Å². The fraction of sp³-hybridized carbons (Fsp3) is 0.233. The Morgan fingerprint density at radius 2 is 1.54 bits per heavy atom. The fourth-order valence-corrected chi connectivity index (χ4v) is 4.22. The second-order valence-electron chi connectivity index (χ2n) is 8.83. The summed E-state index contributed by atoms with van der Waals surface area (Å²) < 4.78 is 22.4. The maximum Gasteiger partial charge on any atom is 0.513 e. The van der Waals surface area contributed by atoms with Gasteiger partial charge in [0.2, 0.25) is 0 Å². The van der Waals surface area contributed by atoms with Gasteiger partial charge in [0.1, 0.15) is 29.8 Å². The van der Waals surface area contributed by atoms with Crippen LogP contribution in [-0.2, 0) is 27.2 Å². The molecule has 9 nitrogen and oxygen atoms in total. The van der Waals surface area contributed by atoms with Crippen molar-refractivity contribution in [2.45, 2.75) is 32.8 Å². The third-order valence-electron chi connectivity index (χ3n) is 6.10. The number of pyridine rings is 1. The van der Waals surface area contributed by atoms with Crippen LogP contribution in [-0.4, -0.2) is 30.9 Å². The Morgan fingerprint density at radius 1 is 0.872 bits per heavy atom. The van der Waals surface area contributed by atoms with Crippen molar-refractivity contribution < 1.29 is 28.5 Å². The number of allylic oxidation sites excluding steroid dienone is 2. The number of carbonyl (C=O) groups excluding carboxylic acids is 2. The first kappa shape index (κ1) is 27.3. The van der Waals surface area contributed by atoms with Crippen molar-refractivity contribution in [3.8, 4) is 5.75 Å². The summed E-state index contributed by atoms with van der Waals surface area (Å²) in [4.78, 5) is 29.1. The molecule has 0 saturated heterocycles.